The number of fused-ring (bicyclic) bond motifs is 1. The second-order valence-corrected chi connectivity index (χ2v) is 7.71. The summed E-state index contributed by atoms with van der Waals surface area (Å²) < 4.78 is 44.7. The van der Waals surface area contributed by atoms with E-state index in [0.717, 1.165) is 12.1 Å². The Labute approximate surface area is 191 Å². The summed E-state index contributed by atoms with van der Waals surface area (Å²) in [5.41, 5.74) is 8.05. The van der Waals surface area contributed by atoms with Crippen molar-refractivity contribution < 1.29 is 13.2 Å². The van der Waals surface area contributed by atoms with E-state index in [2.05, 4.69) is 15.1 Å². The summed E-state index contributed by atoms with van der Waals surface area (Å²) in [6, 6.07) is 12.3. The predicted molar refractivity (Wildman–Crippen MR) is 120 cm³/mol. The van der Waals surface area contributed by atoms with Crippen LogP contribution in [0.25, 0.3) is 28.0 Å². The topological polar surface area (TPSA) is 91.1 Å². The Morgan fingerprint density at radius 2 is 1.59 bits per heavy atom. The van der Waals surface area contributed by atoms with E-state index < -0.39 is 17.5 Å². The number of nitrogen functional groups attached to an aromatic ring is 1. The van der Waals surface area contributed by atoms with Gasteiger partial charge in [0.2, 0.25) is 11.5 Å². The van der Waals surface area contributed by atoms with Crippen LogP contribution in [-0.4, -0.2) is 24.1 Å². The van der Waals surface area contributed by atoms with Crippen molar-refractivity contribution in [1.29, 1.82) is 0 Å². The van der Waals surface area contributed by atoms with Crippen molar-refractivity contribution >= 4 is 11.6 Å². The molecule has 0 bridgehead atoms. The first-order chi connectivity index (χ1) is 16.3. The molecular formula is C24H17F3N6O. The van der Waals surface area contributed by atoms with Gasteiger partial charge in [0.05, 0.1) is 11.3 Å². The van der Waals surface area contributed by atoms with Crippen LogP contribution in [0.1, 0.15) is 11.4 Å². The SMILES string of the molecule is Cn1cc(-c2c(-c3ccc(F)cc3)nc(N)n3nc(Cc4c(F)cccc4F)nc23)ccc1=O. The highest BCUT2D eigenvalue weighted by Gasteiger charge is 2.21. The van der Waals surface area contributed by atoms with Gasteiger partial charge in [0.1, 0.15) is 17.5 Å². The fraction of sp³-hybridized carbons (Fsp3) is 0.0833. The van der Waals surface area contributed by atoms with E-state index >= 15 is 0 Å². The number of nitrogens with two attached hydrogens (primary N) is 1. The number of hydrogen-bond acceptors (Lipinski definition) is 5. The molecule has 5 rings (SSSR count). The summed E-state index contributed by atoms with van der Waals surface area (Å²) in [6.07, 6.45) is 1.39. The number of rotatable bonds is 4. The fourth-order valence-electron chi connectivity index (χ4n) is 3.76. The van der Waals surface area contributed by atoms with Crippen LogP contribution in [0.15, 0.2) is 65.6 Å². The molecule has 34 heavy (non-hydrogen) atoms. The second-order valence-electron chi connectivity index (χ2n) is 7.71. The van der Waals surface area contributed by atoms with Gasteiger partial charge in [-0.2, -0.15) is 4.52 Å². The smallest absolute Gasteiger partial charge is 0.250 e. The normalized spacial score (nSPS) is 11.3. The van der Waals surface area contributed by atoms with E-state index in [1.807, 2.05) is 0 Å². The van der Waals surface area contributed by atoms with E-state index in [0.29, 0.717) is 22.4 Å². The minimum Gasteiger partial charge on any atom is -0.368 e. The van der Waals surface area contributed by atoms with Gasteiger partial charge in [0.25, 0.3) is 0 Å². The molecule has 2 N–H and O–H groups in total. The molecule has 3 heterocycles. The van der Waals surface area contributed by atoms with Gasteiger partial charge in [-0.15, -0.1) is 5.10 Å². The van der Waals surface area contributed by atoms with Crippen molar-refractivity contribution in [1.82, 2.24) is 24.1 Å². The largest absolute Gasteiger partial charge is 0.368 e. The predicted octanol–water partition coefficient (Wildman–Crippen LogP) is 3.75. The van der Waals surface area contributed by atoms with Gasteiger partial charge in [-0.3, -0.25) is 4.79 Å². The summed E-state index contributed by atoms with van der Waals surface area (Å²) in [5, 5.41) is 4.32. The lowest BCUT2D eigenvalue weighted by Gasteiger charge is -2.12. The van der Waals surface area contributed by atoms with E-state index in [9.17, 15) is 18.0 Å². The number of benzene rings is 2. The van der Waals surface area contributed by atoms with Crippen LogP contribution in [0.2, 0.25) is 0 Å². The van der Waals surface area contributed by atoms with Crippen LogP contribution < -0.4 is 11.3 Å². The molecule has 0 saturated heterocycles. The van der Waals surface area contributed by atoms with Crippen molar-refractivity contribution in [2.24, 2.45) is 7.05 Å². The van der Waals surface area contributed by atoms with E-state index in [1.165, 1.54) is 33.3 Å². The lowest BCUT2D eigenvalue weighted by Crippen LogP contribution is -2.14. The van der Waals surface area contributed by atoms with Crippen molar-refractivity contribution in [3.8, 4) is 22.4 Å². The first kappa shape index (κ1) is 21.4. The Morgan fingerprint density at radius 3 is 2.26 bits per heavy atom. The highest BCUT2D eigenvalue weighted by molar-refractivity contribution is 5.90. The number of anilines is 1. The Morgan fingerprint density at radius 1 is 0.912 bits per heavy atom. The molecule has 0 aliphatic rings. The molecule has 0 saturated carbocycles. The highest BCUT2D eigenvalue weighted by atomic mass is 19.1. The van der Waals surface area contributed by atoms with Crippen molar-refractivity contribution in [3.05, 3.63) is 100.0 Å². The lowest BCUT2D eigenvalue weighted by atomic mass is 10.0. The zero-order chi connectivity index (χ0) is 24.0. The third-order valence-electron chi connectivity index (χ3n) is 5.44. The molecule has 0 aliphatic carbocycles. The number of aryl methyl sites for hydroxylation is 1. The van der Waals surface area contributed by atoms with Crippen molar-refractivity contribution in [2.45, 2.75) is 6.42 Å². The van der Waals surface area contributed by atoms with Crippen molar-refractivity contribution in [3.63, 3.8) is 0 Å². The Kier molecular flexibility index (Phi) is 5.12. The molecule has 10 heteroatoms. The maximum Gasteiger partial charge on any atom is 0.250 e. The first-order valence-electron chi connectivity index (χ1n) is 10.2. The number of aromatic nitrogens is 5. The van der Waals surface area contributed by atoms with E-state index in [1.54, 1.807) is 31.4 Å². The standard InChI is InChI=1S/C24H17F3N6O/c1-32-12-14(7-10-20(32)34)21-22(13-5-8-15(25)9-6-13)30-24(28)33-23(21)29-19(31-33)11-16-17(26)3-2-4-18(16)27/h2-10,12H,11H2,1H3,(H2,28,30). The molecule has 5 aromatic rings. The Balaban J connectivity index is 1.77. The molecule has 0 spiro atoms. The first-order valence-corrected chi connectivity index (χ1v) is 10.2. The minimum absolute atomic E-state index is 0.0179. The molecule has 2 aromatic carbocycles. The highest BCUT2D eigenvalue weighted by Crippen LogP contribution is 2.34. The number of pyridine rings is 1. The summed E-state index contributed by atoms with van der Waals surface area (Å²) >= 11 is 0. The van der Waals surface area contributed by atoms with Gasteiger partial charge in [0.15, 0.2) is 11.5 Å². The minimum atomic E-state index is -0.713. The molecule has 7 nitrogen and oxygen atoms in total. The second kappa shape index (κ2) is 8.14. The molecule has 0 aliphatic heterocycles. The van der Waals surface area contributed by atoms with Crippen molar-refractivity contribution in [2.75, 3.05) is 5.73 Å². The summed E-state index contributed by atoms with van der Waals surface area (Å²) in [6.45, 7) is 0. The molecule has 0 atom stereocenters. The van der Waals surface area contributed by atoms with Gasteiger partial charge < -0.3 is 10.3 Å². The molecule has 0 amide bonds. The Bertz CT molecular complexity index is 1590. The number of nitrogens with zero attached hydrogens (tertiary/aromatic N) is 5. The van der Waals surface area contributed by atoms with Gasteiger partial charge in [-0.25, -0.2) is 23.1 Å². The molecule has 0 fully saturated rings. The van der Waals surface area contributed by atoms with E-state index in [-0.39, 0.29) is 35.0 Å². The monoisotopic (exact) mass is 462 g/mol. The molecular weight excluding hydrogens is 445 g/mol. The maximum absolute atomic E-state index is 14.2. The Hall–Kier alpha value is -4.47. The van der Waals surface area contributed by atoms with Crippen LogP contribution in [0, 0.1) is 17.5 Å². The lowest BCUT2D eigenvalue weighted by molar-refractivity contribution is 0.559. The van der Waals surface area contributed by atoms with Gasteiger partial charge >= 0.3 is 0 Å². The zero-order valence-electron chi connectivity index (χ0n) is 17.8. The average Bonchev–Trinajstić information content (AvgIpc) is 3.23. The summed E-state index contributed by atoms with van der Waals surface area (Å²) in [5.74, 6) is -1.74. The van der Waals surface area contributed by atoms with Crippen LogP contribution >= 0.6 is 0 Å². The van der Waals surface area contributed by atoms with Crippen LogP contribution in [0.5, 0.6) is 0 Å². The zero-order valence-corrected chi connectivity index (χ0v) is 17.8. The van der Waals surface area contributed by atoms with Gasteiger partial charge in [-0.1, -0.05) is 6.07 Å². The molecule has 0 radical (unpaired) electrons. The van der Waals surface area contributed by atoms with Gasteiger partial charge in [0, 0.05) is 42.4 Å². The third kappa shape index (κ3) is 3.68. The quantitative estimate of drug-likeness (QED) is 0.439. The van der Waals surface area contributed by atoms with Crippen LogP contribution in [-0.2, 0) is 13.5 Å². The maximum atomic E-state index is 14.2. The number of hydrogen-bond donors (Lipinski definition) is 1. The van der Waals surface area contributed by atoms with Gasteiger partial charge in [-0.05, 0) is 42.5 Å². The van der Waals surface area contributed by atoms with E-state index in [4.69, 9.17) is 5.73 Å². The molecule has 3 aromatic heterocycles. The number of halogens is 3. The summed E-state index contributed by atoms with van der Waals surface area (Å²) in [7, 11) is 1.60. The molecule has 170 valence electrons. The summed E-state index contributed by atoms with van der Waals surface area (Å²) in [4.78, 5) is 21.0. The van der Waals surface area contributed by atoms with Crippen LogP contribution in [0.4, 0.5) is 19.1 Å². The fourth-order valence-corrected chi connectivity index (χ4v) is 3.76. The molecule has 0 unspecified atom stereocenters. The third-order valence-corrected chi connectivity index (χ3v) is 5.44. The van der Waals surface area contributed by atoms with Crippen LogP contribution in [0.3, 0.4) is 0 Å². The average molecular weight is 462 g/mol.